The molecule has 0 radical (unpaired) electrons. The molecule has 5 nitrogen and oxygen atoms in total. The van der Waals surface area contributed by atoms with E-state index in [1.807, 2.05) is 32.2 Å². The minimum Gasteiger partial charge on any atom is -0.493 e. The number of aliphatic hydroxyl groups excluding tert-OH is 1. The molecule has 0 saturated carbocycles. The number of nitrogens with zero attached hydrogens (tertiary/aromatic N) is 2. The van der Waals surface area contributed by atoms with Crippen LogP contribution in [0.25, 0.3) is 0 Å². The smallest absolute Gasteiger partial charge is 0.161 e. The van der Waals surface area contributed by atoms with E-state index < -0.39 is 6.10 Å². The molecule has 1 atom stereocenters. The highest BCUT2D eigenvalue weighted by molar-refractivity contribution is 5.43. The number of methoxy groups -OCH3 is 1. The zero-order valence-electron chi connectivity index (χ0n) is 12.3. The molecule has 0 saturated heterocycles. The van der Waals surface area contributed by atoms with Gasteiger partial charge in [0.1, 0.15) is 6.61 Å². The monoisotopic (exact) mass is 276 g/mol. The van der Waals surface area contributed by atoms with Crippen molar-refractivity contribution in [3.05, 3.63) is 41.2 Å². The van der Waals surface area contributed by atoms with Crippen LogP contribution in [0.15, 0.2) is 24.3 Å². The van der Waals surface area contributed by atoms with E-state index in [4.69, 9.17) is 9.47 Å². The highest BCUT2D eigenvalue weighted by Gasteiger charge is 2.10. The van der Waals surface area contributed by atoms with E-state index in [9.17, 15) is 5.11 Å². The van der Waals surface area contributed by atoms with E-state index in [1.54, 1.807) is 24.8 Å². The number of hydrogen-bond donors (Lipinski definition) is 1. The summed E-state index contributed by atoms with van der Waals surface area (Å²) in [5.41, 5.74) is 2.75. The number of aliphatic hydroxyl groups is 1. The molecule has 0 amide bonds. The van der Waals surface area contributed by atoms with Crippen LogP contribution in [0.5, 0.6) is 11.5 Å². The molecule has 5 heteroatoms. The molecule has 20 heavy (non-hydrogen) atoms. The summed E-state index contributed by atoms with van der Waals surface area (Å²) in [6.07, 6.45) is -0.530. The molecule has 108 valence electrons. The molecule has 0 bridgehead atoms. The van der Waals surface area contributed by atoms with E-state index in [0.29, 0.717) is 18.1 Å². The fourth-order valence-electron chi connectivity index (χ4n) is 2.01. The second-order valence-corrected chi connectivity index (χ2v) is 4.78. The van der Waals surface area contributed by atoms with Gasteiger partial charge in [-0.05, 0) is 37.6 Å². The maximum Gasteiger partial charge on any atom is 0.161 e. The highest BCUT2D eigenvalue weighted by atomic mass is 16.5. The molecule has 0 aliphatic carbocycles. The van der Waals surface area contributed by atoms with Gasteiger partial charge in [-0.25, -0.2) is 0 Å². The first-order chi connectivity index (χ1) is 9.51. The van der Waals surface area contributed by atoms with Gasteiger partial charge in [0.2, 0.25) is 0 Å². The third-order valence-electron chi connectivity index (χ3n) is 3.14. The van der Waals surface area contributed by atoms with Crippen molar-refractivity contribution in [3.63, 3.8) is 0 Å². The van der Waals surface area contributed by atoms with Gasteiger partial charge in [0.25, 0.3) is 0 Å². The minimum atomic E-state index is -0.530. The second kappa shape index (κ2) is 5.96. The zero-order valence-corrected chi connectivity index (χ0v) is 12.3. The average molecular weight is 276 g/mol. The van der Waals surface area contributed by atoms with Crippen molar-refractivity contribution in [2.45, 2.75) is 26.6 Å². The van der Waals surface area contributed by atoms with Gasteiger partial charge >= 0.3 is 0 Å². The van der Waals surface area contributed by atoms with E-state index >= 15 is 0 Å². The summed E-state index contributed by atoms with van der Waals surface area (Å²) in [5, 5.41) is 13.8. The Labute approximate surface area is 118 Å². The molecule has 1 aromatic heterocycles. The van der Waals surface area contributed by atoms with Crippen LogP contribution in [0.3, 0.4) is 0 Å². The third kappa shape index (κ3) is 3.11. The Kier molecular flexibility index (Phi) is 4.29. The van der Waals surface area contributed by atoms with Crippen molar-refractivity contribution in [3.8, 4) is 11.5 Å². The summed E-state index contributed by atoms with van der Waals surface area (Å²) in [5.74, 6) is 1.26. The Morgan fingerprint density at radius 3 is 2.60 bits per heavy atom. The summed E-state index contributed by atoms with van der Waals surface area (Å²) in [4.78, 5) is 0. The Morgan fingerprint density at radius 2 is 2.05 bits per heavy atom. The van der Waals surface area contributed by atoms with E-state index in [2.05, 4.69) is 5.10 Å². The van der Waals surface area contributed by atoms with E-state index in [1.165, 1.54) is 0 Å². The minimum absolute atomic E-state index is 0.418. The van der Waals surface area contributed by atoms with Gasteiger partial charge in [-0.2, -0.15) is 5.10 Å². The summed E-state index contributed by atoms with van der Waals surface area (Å²) >= 11 is 0. The normalized spacial score (nSPS) is 12.2. The topological polar surface area (TPSA) is 56.5 Å². The molecule has 1 aromatic carbocycles. The SMILES string of the molecule is COc1cc(C(C)O)ccc1OCc1cc(C)nn1C. The first kappa shape index (κ1) is 14.4. The Balaban J connectivity index is 2.15. The molecular formula is C15H20N2O3. The van der Waals surface area contributed by atoms with Gasteiger partial charge < -0.3 is 14.6 Å². The molecule has 0 aliphatic heterocycles. The van der Waals surface area contributed by atoms with Gasteiger partial charge in [-0.15, -0.1) is 0 Å². The molecular weight excluding hydrogens is 256 g/mol. The maximum atomic E-state index is 9.57. The number of hydrogen-bond acceptors (Lipinski definition) is 4. The lowest BCUT2D eigenvalue weighted by Gasteiger charge is -2.13. The van der Waals surface area contributed by atoms with E-state index in [-0.39, 0.29) is 0 Å². The van der Waals surface area contributed by atoms with Gasteiger partial charge in [0.05, 0.1) is 24.6 Å². The van der Waals surface area contributed by atoms with Crippen LogP contribution in [-0.4, -0.2) is 22.0 Å². The van der Waals surface area contributed by atoms with Crippen LogP contribution in [0, 0.1) is 6.92 Å². The Hall–Kier alpha value is -2.01. The van der Waals surface area contributed by atoms with Crippen LogP contribution in [0.1, 0.15) is 30.0 Å². The van der Waals surface area contributed by atoms with Crippen LogP contribution in [0.2, 0.25) is 0 Å². The zero-order chi connectivity index (χ0) is 14.7. The average Bonchev–Trinajstić information content (AvgIpc) is 2.74. The highest BCUT2D eigenvalue weighted by Crippen LogP contribution is 2.30. The van der Waals surface area contributed by atoms with E-state index in [0.717, 1.165) is 17.0 Å². The van der Waals surface area contributed by atoms with Gasteiger partial charge in [-0.3, -0.25) is 4.68 Å². The molecule has 1 unspecified atom stereocenters. The second-order valence-electron chi connectivity index (χ2n) is 4.78. The molecule has 1 N–H and O–H groups in total. The Bertz CT molecular complexity index is 591. The molecule has 0 aliphatic rings. The summed E-state index contributed by atoms with van der Waals surface area (Å²) in [6.45, 7) is 4.08. The fraction of sp³-hybridized carbons (Fsp3) is 0.400. The Morgan fingerprint density at radius 1 is 1.30 bits per heavy atom. The lowest BCUT2D eigenvalue weighted by Crippen LogP contribution is -2.04. The fourth-order valence-corrected chi connectivity index (χ4v) is 2.01. The van der Waals surface area contributed by atoms with Crippen molar-refractivity contribution in [2.24, 2.45) is 7.05 Å². The molecule has 2 aromatic rings. The number of aryl methyl sites for hydroxylation is 2. The van der Waals surface area contributed by atoms with Crippen molar-refractivity contribution < 1.29 is 14.6 Å². The predicted molar refractivity (Wildman–Crippen MR) is 75.9 cm³/mol. The summed E-state index contributed by atoms with van der Waals surface area (Å²) in [7, 11) is 3.47. The molecule has 1 heterocycles. The standard InChI is InChI=1S/C15H20N2O3/c1-10-7-13(17(3)16-10)9-20-14-6-5-12(11(2)18)8-15(14)19-4/h5-8,11,18H,9H2,1-4H3. The summed E-state index contributed by atoms with van der Waals surface area (Å²) < 4.78 is 12.9. The summed E-state index contributed by atoms with van der Waals surface area (Å²) in [6, 6.07) is 7.41. The quantitative estimate of drug-likeness (QED) is 0.911. The first-order valence-corrected chi connectivity index (χ1v) is 6.49. The van der Waals surface area contributed by atoms with Crippen LogP contribution in [0.4, 0.5) is 0 Å². The van der Waals surface area contributed by atoms with Crippen LogP contribution < -0.4 is 9.47 Å². The first-order valence-electron chi connectivity index (χ1n) is 6.49. The lowest BCUT2D eigenvalue weighted by molar-refractivity contribution is 0.198. The number of rotatable bonds is 5. The maximum absolute atomic E-state index is 9.57. The predicted octanol–water partition coefficient (Wildman–Crippen LogP) is 2.37. The molecule has 2 rings (SSSR count). The van der Waals surface area contributed by atoms with Crippen LogP contribution >= 0.6 is 0 Å². The van der Waals surface area contributed by atoms with Gasteiger partial charge in [0, 0.05) is 7.05 Å². The molecule has 0 fully saturated rings. The van der Waals surface area contributed by atoms with Crippen molar-refractivity contribution >= 4 is 0 Å². The van der Waals surface area contributed by atoms with Crippen molar-refractivity contribution in [2.75, 3.05) is 7.11 Å². The number of ether oxygens (including phenoxy) is 2. The van der Waals surface area contributed by atoms with Gasteiger partial charge in [0.15, 0.2) is 11.5 Å². The number of aromatic nitrogens is 2. The van der Waals surface area contributed by atoms with Crippen molar-refractivity contribution in [1.82, 2.24) is 9.78 Å². The lowest BCUT2D eigenvalue weighted by atomic mass is 10.1. The third-order valence-corrected chi connectivity index (χ3v) is 3.14. The number of benzene rings is 1. The van der Waals surface area contributed by atoms with Crippen LogP contribution in [-0.2, 0) is 13.7 Å². The van der Waals surface area contributed by atoms with Gasteiger partial charge in [-0.1, -0.05) is 6.07 Å². The largest absolute Gasteiger partial charge is 0.493 e. The molecule has 0 spiro atoms. The van der Waals surface area contributed by atoms with Crippen molar-refractivity contribution in [1.29, 1.82) is 0 Å².